The van der Waals surface area contributed by atoms with E-state index in [1.807, 2.05) is 0 Å². The summed E-state index contributed by atoms with van der Waals surface area (Å²) >= 11 is 14.0. The molecule has 1 aliphatic heterocycles. The van der Waals surface area contributed by atoms with Crippen molar-refractivity contribution >= 4 is 46.3 Å². The van der Waals surface area contributed by atoms with Crippen molar-refractivity contribution in [3.8, 4) is 11.4 Å². The maximum atomic E-state index is 13.2. The van der Waals surface area contributed by atoms with Crippen LogP contribution in [0.4, 0.5) is 4.39 Å². The van der Waals surface area contributed by atoms with E-state index < -0.39 is 41.7 Å². The number of ether oxygens (including phenoxy) is 1. The molecule has 0 bridgehead atoms. The van der Waals surface area contributed by atoms with Crippen molar-refractivity contribution in [2.24, 2.45) is 0 Å². The number of rotatable bonds is 5. The maximum absolute atomic E-state index is 13.2. The third-order valence-corrected chi connectivity index (χ3v) is 7.06. The van der Waals surface area contributed by atoms with Crippen LogP contribution >= 0.6 is 46.3 Å². The van der Waals surface area contributed by atoms with Gasteiger partial charge in [-0.1, -0.05) is 51.5 Å². The van der Waals surface area contributed by atoms with E-state index >= 15 is 0 Å². The van der Waals surface area contributed by atoms with Crippen molar-refractivity contribution in [2.75, 3.05) is 6.61 Å². The molecular formula is C17H15Cl2FN4O4S2. The Labute approximate surface area is 188 Å². The highest BCUT2D eigenvalue weighted by Crippen LogP contribution is 2.39. The monoisotopic (exact) mass is 492 g/mol. The first-order chi connectivity index (χ1) is 14.4. The van der Waals surface area contributed by atoms with Crippen LogP contribution in [0, 0.1) is 5.26 Å². The van der Waals surface area contributed by atoms with Crippen LogP contribution < -0.4 is 0 Å². The topological polar surface area (TPSA) is 114 Å². The minimum absolute atomic E-state index is 0.287. The second-order valence-electron chi connectivity index (χ2n) is 6.46. The summed E-state index contributed by atoms with van der Waals surface area (Å²) in [5.41, 5.74) is -0.271. The van der Waals surface area contributed by atoms with E-state index in [2.05, 4.69) is 15.3 Å². The summed E-state index contributed by atoms with van der Waals surface area (Å²) in [7, 11) is 0. The average molecular weight is 493 g/mol. The molecule has 13 heteroatoms. The SMILES string of the molecule is OCC1O[C@H](Sc2ccc(Cl)c(Cl)c2)C(O)C(n2cc(-c3csc(F)n3)nn2)[C@H]1O. The molecule has 2 aromatic heterocycles. The minimum atomic E-state index is -1.27. The molecular weight excluding hydrogens is 478 g/mol. The van der Waals surface area contributed by atoms with Crippen molar-refractivity contribution in [2.45, 2.75) is 34.7 Å². The van der Waals surface area contributed by atoms with Crippen LogP contribution in [0.2, 0.25) is 10.0 Å². The van der Waals surface area contributed by atoms with E-state index in [0.717, 1.165) is 23.1 Å². The second kappa shape index (κ2) is 9.05. The van der Waals surface area contributed by atoms with Crippen LogP contribution in [0.5, 0.6) is 0 Å². The number of aliphatic hydroxyl groups excluding tert-OH is 3. The Kier molecular flexibility index (Phi) is 6.61. The van der Waals surface area contributed by atoms with E-state index in [1.165, 1.54) is 16.3 Å². The van der Waals surface area contributed by atoms with Gasteiger partial charge in [-0.2, -0.15) is 4.39 Å². The first-order valence-corrected chi connectivity index (χ1v) is 11.2. The van der Waals surface area contributed by atoms with Crippen molar-refractivity contribution in [1.29, 1.82) is 0 Å². The molecule has 0 amide bonds. The Hall–Kier alpha value is -1.31. The molecule has 1 aromatic carbocycles. The minimum Gasteiger partial charge on any atom is -0.394 e. The predicted octanol–water partition coefficient (Wildman–Crippen LogP) is 2.62. The summed E-state index contributed by atoms with van der Waals surface area (Å²) in [5.74, 6) is 0. The van der Waals surface area contributed by atoms with E-state index in [4.69, 9.17) is 27.9 Å². The zero-order chi connectivity index (χ0) is 21.4. The van der Waals surface area contributed by atoms with Gasteiger partial charge in [-0.3, -0.25) is 0 Å². The van der Waals surface area contributed by atoms with Gasteiger partial charge in [-0.25, -0.2) is 9.67 Å². The number of nitrogens with zero attached hydrogens (tertiary/aromatic N) is 4. The summed E-state index contributed by atoms with van der Waals surface area (Å²) in [6.07, 6.45) is -2.00. The fraction of sp³-hybridized carbons (Fsp3) is 0.353. The van der Waals surface area contributed by atoms with Gasteiger partial charge in [0, 0.05) is 10.3 Å². The Morgan fingerprint density at radius 2 is 2.00 bits per heavy atom. The standard InChI is InChI=1S/C17H15Cl2FN4O4S2/c18-8-2-1-7(3-9(8)19)30-16-15(27)13(14(26)12(5-25)28-16)24-4-10(22-23-24)11-6-29-17(20)21-11/h1-4,6,12-16,25-27H,5H2/t12?,13?,14-,15?,16+/m0/s1. The van der Waals surface area contributed by atoms with E-state index in [-0.39, 0.29) is 5.69 Å². The Morgan fingerprint density at radius 3 is 2.67 bits per heavy atom. The van der Waals surface area contributed by atoms with Gasteiger partial charge in [0.05, 0.1) is 22.8 Å². The van der Waals surface area contributed by atoms with Crippen LogP contribution in [-0.4, -0.2) is 65.7 Å². The maximum Gasteiger partial charge on any atom is 0.269 e. The average Bonchev–Trinajstić information content (AvgIpc) is 3.36. The van der Waals surface area contributed by atoms with Gasteiger partial charge in [0.15, 0.2) is 0 Å². The Balaban J connectivity index is 1.61. The third-order valence-electron chi connectivity index (χ3n) is 4.55. The molecule has 0 spiro atoms. The number of thioether (sulfide) groups is 1. The van der Waals surface area contributed by atoms with Gasteiger partial charge in [0.25, 0.3) is 5.26 Å². The summed E-state index contributed by atoms with van der Waals surface area (Å²) in [5, 5.41) is 40.8. The van der Waals surface area contributed by atoms with Crippen LogP contribution in [0.3, 0.4) is 0 Å². The molecule has 30 heavy (non-hydrogen) atoms. The lowest BCUT2D eigenvalue weighted by Gasteiger charge is -2.41. The highest BCUT2D eigenvalue weighted by Gasteiger charge is 2.46. The zero-order valence-corrected chi connectivity index (χ0v) is 18.1. The van der Waals surface area contributed by atoms with Crippen molar-refractivity contribution in [1.82, 2.24) is 20.0 Å². The van der Waals surface area contributed by atoms with Gasteiger partial charge in [0.2, 0.25) is 0 Å². The van der Waals surface area contributed by atoms with E-state index in [0.29, 0.717) is 20.6 Å². The van der Waals surface area contributed by atoms with Gasteiger partial charge >= 0.3 is 0 Å². The highest BCUT2D eigenvalue weighted by atomic mass is 35.5. The molecule has 160 valence electrons. The van der Waals surface area contributed by atoms with E-state index in [1.54, 1.807) is 18.2 Å². The third kappa shape index (κ3) is 4.34. The molecule has 3 N–H and O–H groups in total. The molecule has 3 unspecified atom stereocenters. The van der Waals surface area contributed by atoms with Crippen LogP contribution in [-0.2, 0) is 4.74 Å². The number of hydrogen-bond acceptors (Lipinski definition) is 9. The first-order valence-electron chi connectivity index (χ1n) is 8.64. The number of hydrogen-bond donors (Lipinski definition) is 3. The summed E-state index contributed by atoms with van der Waals surface area (Å²) in [4.78, 5) is 4.39. The fourth-order valence-corrected chi connectivity index (χ4v) is 5.07. The van der Waals surface area contributed by atoms with Gasteiger partial charge in [-0.05, 0) is 18.2 Å². The lowest BCUT2D eigenvalue weighted by atomic mass is 9.97. The van der Waals surface area contributed by atoms with Gasteiger partial charge < -0.3 is 20.1 Å². The molecule has 4 rings (SSSR count). The van der Waals surface area contributed by atoms with Crippen LogP contribution in [0.25, 0.3) is 11.4 Å². The number of thiazole rings is 1. The number of benzene rings is 1. The predicted molar refractivity (Wildman–Crippen MR) is 110 cm³/mol. The highest BCUT2D eigenvalue weighted by molar-refractivity contribution is 7.99. The van der Waals surface area contributed by atoms with Crippen LogP contribution in [0.15, 0.2) is 34.7 Å². The molecule has 0 aliphatic carbocycles. The molecule has 1 fully saturated rings. The zero-order valence-electron chi connectivity index (χ0n) is 15.0. The quantitative estimate of drug-likeness (QED) is 0.497. The van der Waals surface area contributed by atoms with Crippen molar-refractivity contribution in [3.63, 3.8) is 0 Å². The van der Waals surface area contributed by atoms with Gasteiger partial charge in [-0.15, -0.1) is 5.10 Å². The summed E-state index contributed by atoms with van der Waals surface area (Å²) < 4.78 is 20.2. The first kappa shape index (κ1) is 21.9. The second-order valence-corrected chi connectivity index (χ2v) is 9.25. The number of halogens is 3. The fourth-order valence-electron chi connectivity index (χ4n) is 3.07. The largest absolute Gasteiger partial charge is 0.394 e. The molecule has 5 atom stereocenters. The summed E-state index contributed by atoms with van der Waals surface area (Å²) in [6, 6.07) is 3.99. The molecule has 3 heterocycles. The van der Waals surface area contributed by atoms with Crippen LogP contribution in [0.1, 0.15) is 6.04 Å². The smallest absolute Gasteiger partial charge is 0.269 e. The number of aliphatic hydroxyl groups is 3. The van der Waals surface area contributed by atoms with Gasteiger partial charge in [0.1, 0.15) is 41.2 Å². The normalized spacial score (nSPS) is 26.8. The molecule has 1 aliphatic rings. The van der Waals surface area contributed by atoms with E-state index in [9.17, 15) is 19.7 Å². The summed E-state index contributed by atoms with van der Waals surface area (Å²) in [6.45, 7) is -0.471. The van der Waals surface area contributed by atoms with Crippen molar-refractivity contribution in [3.05, 3.63) is 45.1 Å². The molecule has 0 radical (unpaired) electrons. The Bertz CT molecular complexity index is 1040. The molecule has 3 aromatic rings. The Morgan fingerprint density at radius 1 is 1.20 bits per heavy atom. The van der Waals surface area contributed by atoms with Crippen molar-refractivity contribution < 1.29 is 24.4 Å². The molecule has 8 nitrogen and oxygen atoms in total. The molecule has 1 saturated heterocycles. The lowest BCUT2D eigenvalue weighted by Crippen LogP contribution is -2.55. The lowest BCUT2D eigenvalue weighted by molar-refractivity contribution is -0.178. The number of aromatic nitrogens is 4. The molecule has 0 saturated carbocycles.